The zero-order chi connectivity index (χ0) is 15.0. The van der Waals surface area contributed by atoms with E-state index in [2.05, 4.69) is 24.5 Å². The Balaban J connectivity index is 2.42. The van der Waals surface area contributed by atoms with E-state index in [1.165, 1.54) is 0 Å². The van der Waals surface area contributed by atoms with Crippen LogP contribution in [0.1, 0.15) is 27.2 Å². The first kappa shape index (κ1) is 16.3. The molecule has 112 valence electrons. The van der Waals surface area contributed by atoms with Crippen molar-refractivity contribution in [2.24, 2.45) is 5.92 Å². The summed E-state index contributed by atoms with van der Waals surface area (Å²) in [7, 11) is 0. The van der Waals surface area contributed by atoms with Crippen LogP contribution in [0.5, 0.6) is 5.75 Å². The molecule has 1 aromatic carbocycles. The average Bonchev–Trinajstić information content (AvgIpc) is 2.36. The van der Waals surface area contributed by atoms with Crippen LogP contribution in [0.15, 0.2) is 24.3 Å². The highest BCUT2D eigenvalue weighted by Crippen LogP contribution is 2.17. The first-order valence-electron chi connectivity index (χ1n) is 6.93. The molecule has 5 nitrogen and oxygen atoms in total. The molecule has 1 atom stereocenters. The molecule has 20 heavy (non-hydrogen) atoms. The predicted octanol–water partition coefficient (Wildman–Crippen LogP) is 2.61. The topological polar surface area (TPSA) is 70.6 Å². The number of hydrogen-bond donors (Lipinski definition) is 3. The van der Waals surface area contributed by atoms with Crippen molar-refractivity contribution in [2.45, 2.75) is 33.3 Å². The van der Waals surface area contributed by atoms with Crippen molar-refractivity contribution < 1.29 is 14.6 Å². The molecule has 0 radical (unpaired) electrons. The van der Waals surface area contributed by atoms with E-state index in [-0.39, 0.29) is 6.03 Å². The highest BCUT2D eigenvalue weighted by atomic mass is 16.5. The average molecular weight is 280 g/mol. The Morgan fingerprint density at radius 1 is 1.35 bits per heavy atom. The van der Waals surface area contributed by atoms with Crippen molar-refractivity contribution in [3.8, 4) is 5.75 Å². The summed E-state index contributed by atoms with van der Waals surface area (Å²) in [6, 6.07) is 7.00. The van der Waals surface area contributed by atoms with Gasteiger partial charge in [-0.15, -0.1) is 0 Å². The summed E-state index contributed by atoms with van der Waals surface area (Å²) in [4.78, 5) is 11.6. The van der Waals surface area contributed by atoms with Crippen LogP contribution in [0.25, 0.3) is 0 Å². The summed E-state index contributed by atoms with van der Waals surface area (Å²) >= 11 is 0. The van der Waals surface area contributed by atoms with Gasteiger partial charge in [0, 0.05) is 18.3 Å². The predicted molar refractivity (Wildman–Crippen MR) is 80.1 cm³/mol. The van der Waals surface area contributed by atoms with Crippen LogP contribution in [0.3, 0.4) is 0 Å². The molecule has 0 aliphatic carbocycles. The number of hydrogen-bond acceptors (Lipinski definition) is 3. The van der Waals surface area contributed by atoms with Gasteiger partial charge < -0.3 is 20.5 Å². The number of carbonyl (C=O) groups is 1. The van der Waals surface area contributed by atoms with E-state index in [1.54, 1.807) is 19.1 Å². The van der Waals surface area contributed by atoms with Gasteiger partial charge in [0.05, 0.1) is 12.7 Å². The van der Waals surface area contributed by atoms with Crippen LogP contribution < -0.4 is 15.4 Å². The molecule has 5 heteroatoms. The van der Waals surface area contributed by atoms with Crippen LogP contribution in [0.2, 0.25) is 0 Å². The number of aliphatic hydroxyl groups excluding tert-OH is 1. The Kier molecular flexibility index (Phi) is 6.87. The lowest BCUT2D eigenvalue weighted by Crippen LogP contribution is -2.30. The minimum Gasteiger partial charge on any atom is -0.493 e. The number of nitrogens with one attached hydrogen (secondary N) is 2. The molecule has 0 saturated heterocycles. The molecule has 1 rings (SSSR count). The molecule has 0 aromatic heterocycles. The van der Waals surface area contributed by atoms with Crippen molar-refractivity contribution in [2.75, 3.05) is 18.5 Å². The number of carbonyl (C=O) groups excluding carboxylic acids is 1. The Hall–Kier alpha value is -1.75. The summed E-state index contributed by atoms with van der Waals surface area (Å²) in [6.07, 6.45) is 0.119. The number of anilines is 1. The molecular formula is C15H24N2O3. The lowest BCUT2D eigenvalue weighted by Gasteiger charge is -2.11. The lowest BCUT2D eigenvalue weighted by molar-refractivity contribution is 0.184. The summed E-state index contributed by atoms with van der Waals surface area (Å²) in [6.45, 7) is 6.93. The van der Waals surface area contributed by atoms with Crippen LogP contribution in [-0.4, -0.2) is 30.4 Å². The van der Waals surface area contributed by atoms with Crippen molar-refractivity contribution >= 4 is 11.7 Å². The highest BCUT2D eigenvalue weighted by Gasteiger charge is 2.04. The third-order valence-electron chi connectivity index (χ3n) is 2.52. The maximum atomic E-state index is 11.6. The zero-order valence-electron chi connectivity index (χ0n) is 12.3. The highest BCUT2D eigenvalue weighted by molar-refractivity contribution is 5.89. The van der Waals surface area contributed by atoms with Gasteiger partial charge in [0.2, 0.25) is 0 Å². The third-order valence-corrected chi connectivity index (χ3v) is 2.52. The smallest absolute Gasteiger partial charge is 0.319 e. The van der Waals surface area contributed by atoms with E-state index in [1.807, 2.05) is 12.1 Å². The van der Waals surface area contributed by atoms with Crippen LogP contribution in [0.4, 0.5) is 10.5 Å². The summed E-state index contributed by atoms with van der Waals surface area (Å²) < 4.78 is 5.60. The fourth-order valence-corrected chi connectivity index (χ4v) is 1.50. The second-order valence-electron chi connectivity index (χ2n) is 5.25. The second-order valence-corrected chi connectivity index (χ2v) is 5.25. The van der Waals surface area contributed by atoms with Crippen molar-refractivity contribution in [3.63, 3.8) is 0 Å². The van der Waals surface area contributed by atoms with Crippen molar-refractivity contribution in [1.29, 1.82) is 0 Å². The number of ether oxygens (including phenoxy) is 1. The van der Waals surface area contributed by atoms with E-state index in [9.17, 15) is 4.79 Å². The Bertz CT molecular complexity index is 419. The van der Waals surface area contributed by atoms with Gasteiger partial charge >= 0.3 is 6.03 Å². The van der Waals surface area contributed by atoms with Gasteiger partial charge in [-0.1, -0.05) is 19.9 Å². The molecular weight excluding hydrogens is 256 g/mol. The molecule has 3 N–H and O–H groups in total. The summed E-state index contributed by atoms with van der Waals surface area (Å²) in [5.41, 5.74) is 0.681. The first-order valence-corrected chi connectivity index (χ1v) is 6.93. The Morgan fingerprint density at radius 2 is 2.10 bits per heavy atom. The Labute approximate surface area is 120 Å². The monoisotopic (exact) mass is 280 g/mol. The maximum absolute atomic E-state index is 11.6. The minimum absolute atomic E-state index is 0.286. The quantitative estimate of drug-likeness (QED) is 0.719. The SMILES string of the molecule is CC(C)COc1cccc(NC(=O)NCCC(C)O)c1. The van der Waals surface area contributed by atoms with Crippen LogP contribution in [-0.2, 0) is 0 Å². The molecule has 0 aliphatic rings. The normalized spacial score (nSPS) is 12.1. The minimum atomic E-state index is -0.414. The second kappa shape index (κ2) is 8.43. The van der Waals surface area contributed by atoms with E-state index < -0.39 is 6.10 Å². The van der Waals surface area contributed by atoms with Gasteiger partial charge in [-0.3, -0.25) is 0 Å². The molecule has 1 unspecified atom stereocenters. The lowest BCUT2D eigenvalue weighted by atomic mass is 10.2. The standard InChI is InChI=1S/C15H24N2O3/c1-11(2)10-20-14-6-4-5-13(9-14)17-15(19)16-8-7-12(3)18/h4-6,9,11-12,18H,7-8,10H2,1-3H3,(H2,16,17,19). The molecule has 0 bridgehead atoms. The van der Waals surface area contributed by atoms with Gasteiger partial charge in [-0.2, -0.15) is 0 Å². The van der Waals surface area contributed by atoms with Gasteiger partial charge in [-0.25, -0.2) is 4.79 Å². The zero-order valence-corrected chi connectivity index (χ0v) is 12.3. The van der Waals surface area contributed by atoms with Gasteiger partial charge in [-0.05, 0) is 31.4 Å². The van der Waals surface area contributed by atoms with Crippen molar-refractivity contribution in [1.82, 2.24) is 5.32 Å². The molecule has 0 fully saturated rings. The maximum Gasteiger partial charge on any atom is 0.319 e. The van der Waals surface area contributed by atoms with Gasteiger partial charge in [0.25, 0.3) is 0 Å². The number of rotatable bonds is 7. The fraction of sp³-hybridized carbons (Fsp3) is 0.533. The first-order chi connectivity index (χ1) is 9.47. The van der Waals surface area contributed by atoms with Crippen LogP contribution >= 0.6 is 0 Å². The molecule has 0 heterocycles. The molecule has 0 saturated carbocycles. The van der Waals surface area contributed by atoms with Gasteiger partial charge in [0.1, 0.15) is 5.75 Å². The van der Waals surface area contributed by atoms with E-state index >= 15 is 0 Å². The van der Waals surface area contributed by atoms with E-state index in [4.69, 9.17) is 9.84 Å². The number of benzene rings is 1. The molecule has 0 spiro atoms. The molecule has 0 aliphatic heterocycles. The summed E-state index contributed by atoms with van der Waals surface area (Å²) in [5.74, 6) is 1.19. The largest absolute Gasteiger partial charge is 0.493 e. The number of amides is 2. The number of urea groups is 1. The van der Waals surface area contributed by atoms with E-state index in [0.29, 0.717) is 31.2 Å². The van der Waals surface area contributed by atoms with Gasteiger partial charge in [0.15, 0.2) is 0 Å². The number of aliphatic hydroxyl groups is 1. The molecule has 1 aromatic rings. The van der Waals surface area contributed by atoms with Crippen LogP contribution in [0, 0.1) is 5.92 Å². The Morgan fingerprint density at radius 3 is 2.75 bits per heavy atom. The molecule has 2 amide bonds. The van der Waals surface area contributed by atoms with E-state index in [0.717, 1.165) is 5.75 Å². The summed E-state index contributed by atoms with van der Waals surface area (Å²) in [5, 5.41) is 14.5. The van der Waals surface area contributed by atoms with Crippen molar-refractivity contribution in [3.05, 3.63) is 24.3 Å². The fourth-order valence-electron chi connectivity index (χ4n) is 1.50. The third kappa shape index (κ3) is 6.99.